The highest BCUT2D eigenvalue weighted by Gasteiger charge is 2.31. The van der Waals surface area contributed by atoms with Crippen molar-refractivity contribution in [2.24, 2.45) is 11.7 Å². The zero-order valence-electron chi connectivity index (χ0n) is 8.94. The Labute approximate surface area is 89.9 Å². The van der Waals surface area contributed by atoms with Crippen LogP contribution in [-0.2, 0) is 0 Å². The predicted molar refractivity (Wildman–Crippen MR) is 59.2 cm³/mol. The molecule has 1 aromatic carbocycles. The van der Waals surface area contributed by atoms with Crippen molar-refractivity contribution in [3.05, 3.63) is 23.8 Å². The molecule has 0 radical (unpaired) electrons. The molecule has 1 unspecified atom stereocenters. The van der Waals surface area contributed by atoms with Crippen LogP contribution in [0.1, 0.15) is 24.3 Å². The van der Waals surface area contributed by atoms with E-state index in [9.17, 15) is 5.11 Å². The summed E-state index contributed by atoms with van der Waals surface area (Å²) in [6.45, 7) is 0.665. The van der Waals surface area contributed by atoms with Gasteiger partial charge in [-0.1, -0.05) is 6.07 Å². The molecule has 1 saturated carbocycles. The van der Waals surface area contributed by atoms with Gasteiger partial charge in [0.15, 0.2) is 11.5 Å². The van der Waals surface area contributed by atoms with Crippen LogP contribution in [-0.4, -0.2) is 18.8 Å². The lowest BCUT2D eigenvalue weighted by Crippen LogP contribution is -2.14. The summed E-state index contributed by atoms with van der Waals surface area (Å²) in [4.78, 5) is 0. The number of phenols is 1. The van der Waals surface area contributed by atoms with E-state index in [1.165, 1.54) is 18.4 Å². The molecule has 1 atom stereocenters. The molecule has 0 amide bonds. The molecule has 0 aromatic heterocycles. The third kappa shape index (κ3) is 2.07. The van der Waals surface area contributed by atoms with E-state index >= 15 is 0 Å². The van der Waals surface area contributed by atoms with Crippen LogP contribution in [0, 0.1) is 5.92 Å². The maximum Gasteiger partial charge on any atom is 0.160 e. The first-order valence-corrected chi connectivity index (χ1v) is 5.33. The van der Waals surface area contributed by atoms with Crippen LogP contribution >= 0.6 is 0 Å². The molecular formula is C12H17NO2. The van der Waals surface area contributed by atoms with E-state index in [0.717, 1.165) is 5.92 Å². The Morgan fingerprint density at radius 1 is 1.53 bits per heavy atom. The van der Waals surface area contributed by atoms with Gasteiger partial charge in [0.25, 0.3) is 0 Å². The first-order chi connectivity index (χ1) is 7.26. The third-order valence-electron chi connectivity index (χ3n) is 3.08. The molecule has 0 bridgehead atoms. The normalized spacial score (nSPS) is 17.5. The molecule has 0 saturated heterocycles. The quantitative estimate of drug-likeness (QED) is 0.792. The van der Waals surface area contributed by atoms with Crippen LogP contribution in [0.3, 0.4) is 0 Å². The van der Waals surface area contributed by atoms with Gasteiger partial charge in [-0.15, -0.1) is 0 Å². The van der Waals surface area contributed by atoms with Crippen molar-refractivity contribution in [2.75, 3.05) is 13.7 Å². The van der Waals surface area contributed by atoms with Crippen molar-refractivity contribution in [3.8, 4) is 11.5 Å². The number of benzene rings is 1. The molecule has 2 rings (SSSR count). The average molecular weight is 207 g/mol. The summed E-state index contributed by atoms with van der Waals surface area (Å²) < 4.78 is 5.09. The van der Waals surface area contributed by atoms with Gasteiger partial charge in [-0.2, -0.15) is 0 Å². The van der Waals surface area contributed by atoms with E-state index < -0.39 is 0 Å². The number of hydrogen-bond donors (Lipinski definition) is 2. The maximum atomic E-state index is 9.49. The number of ether oxygens (including phenoxy) is 1. The Kier molecular flexibility index (Phi) is 2.82. The van der Waals surface area contributed by atoms with Gasteiger partial charge in [-0.05, 0) is 48.9 Å². The Hall–Kier alpha value is -1.22. The number of phenolic OH excluding ortho intramolecular Hbond substituents is 1. The van der Waals surface area contributed by atoms with E-state index in [4.69, 9.17) is 10.5 Å². The topological polar surface area (TPSA) is 55.5 Å². The second-order valence-corrected chi connectivity index (χ2v) is 4.11. The van der Waals surface area contributed by atoms with Gasteiger partial charge >= 0.3 is 0 Å². The molecule has 0 aliphatic heterocycles. The molecule has 82 valence electrons. The number of nitrogens with two attached hydrogens (primary N) is 1. The van der Waals surface area contributed by atoms with E-state index in [2.05, 4.69) is 0 Å². The highest BCUT2D eigenvalue weighted by molar-refractivity contribution is 5.43. The molecule has 0 spiro atoms. The van der Waals surface area contributed by atoms with Gasteiger partial charge in [-0.25, -0.2) is 0 Å². The summed E-state index contributed by atoms with van der Waals surface area (Å²) in [6, 6.07) is 5.51. The minimum Gasteiger partial charge on any atom is -0.504 e. The molecule has 1 fully saturated rings. The predicted octanol–water partition coefficient (Wildman–Crippen LogP) is 1.85. The Morgan fingerprint density at radius 3 is 2.80 bits per heavy atom. The van der Waals surface area contributed by atoms with Gasteiger partial charge in [0, 0.05) is 0 Å². The lowest BCUT2D eigenvalue weighted by molar-refractivity contribution is 0.372. The largest absolute Gasteiger partial charge is 0.504 e. The Balaban J connectivity index is 2.26. The summed E-state index contributed by atoms with van der Waals surface area (Å²) in [5.74, 6) is 1.86. The smallest absolute Gasteiger partial charge is 0.160 e. The Bertz CT molecular complexity index is 347. The molecule has 3 N–H and O–H groups in total. The third-order valence-corrected chi connectivity index (χ3v) is 3.08. The zero-order valence-corrected chi connectivity index (χ0v) is 8.94. The van der Waals surface area contributed by atoms with Crippen LogP contribution in [0.25, 0.3) is 0 Å². The number of hydrogen-bond acceptors (Lipinski definition) is 3. The molecular weight excluding hydrogens is 190 g/mol. The Morgan fingerprint density at radius 2 is 2.27 bits per heavy atom. The summed E-state index contributed by atoms with van der Waals surface area (Å²) in [5.41, 5.74) is 6.95. The summed E-state index contributed by atoms with van der Waals surface area (Å²) in [7, 11) is 1.56. The van der Waals surface area contributed by atoms with Crippen LogP contribution < -0.4 is 10.5 Å². The number of aromatic hydroxyl groups is 1. The van der Waals surface area contributed by atoms with Crippen LogP contribution in [0.15, 0.2) is 18.2 Å². The van der Waals surface area contributed by atoms with Crippen molar-refractivity contribution in [1.29, 1.82) is 0 Å². The first-order valence-electron chi connectivity index (χ1n) is 5.33. The fraction of sp³-hybridized carbons (Fsp3) is 0.500. The molecule has 3 heteroatoms. The van der Waals surface area contributed by atoms with E-state index in [1.807, 2.05) is 12.1 Å². The summed E-state index contributed by atoms with van der Waals surface area (Å²) in [6.07, 6.45) is 2.54. The fourth-order valence-electron chi connectivity index (χ4n) is 2.02. The van der Waals surface area contributed by atoms with Crippen LogP contribution in [0.4, 0.5) is 0 Å². The number of rotatable bonds is 4. The van der Waals surface area contributed by atoms with Crippen LogP contribution in [0.2, 0.25) is 0 Å². The van der Waals surface area contributed by atoms with Crippen molar-refractivity contribution in [2.45, 2.75) is 18.8 Å². The van der Waals surface area contributed by atoms with Gasteiger partial charge < -0.3 is 15.6 Å². The molecule has 15 heavy (non-hydrogen) atoms. The minimum atomic E-state index is 0.188. The molecule has 1 aliphatic carbocycles. The monoisotopic (exact) mass is 207 g/mol. The van der Waals surface area contributed by atoms with Gasteiger partial charge in [0.05, 0.1) is 7.11 Å². The van der Waals surface area contributed by atoms with Crippen molar-refractivity contribution < 1.29 is 9.84 Å². The maximum absolute atomic E-state index is 9.49. The second-order valence-electron chi connectivity index (χ2n) is 4.11. The van der Waals surface area contributed by atoms with E-state index in [1.54, 1.807) is 13.2 Å². The molecule has 1 aliphatic rings. The van der Waals surface area contributed by atoms with Crippen LogP contribution in [0.5, 0.6) is 11.5 Å². The fourth-order valence-corrected chi connectivity index (χ4v) is 2.02. The number of methoxy groups -OCH3 is 1. The summed E-state index contributed by atoms with van der Waals surface area (Å²) in [5, 5.41) is 9.49. The van der Waals surface area contributed by atoms with Gasteiger partial charge in [0.2, 0.25) is 0 Å². The highest BCUT2D eigenvalue weighted by atomic mass is 16.5. The van der Waals surface area contributed by atoms with E-state index in [-0.39, 0.29) is 5.75 Å². The molecule has 3 nitrogen and oxygen atoms in total. The average Bonchev–Trinajstić information content (AvgIpc) is 3.06. The lowest BCUT2D eigenvalue weighted by Gasteiger charge is -2.15. The molecule has 0 heterocycles. The van der Waals surface area contributed by atoms with Gasteiger partial charge in [0.1, 0.15) is 0 Å². The van der Waals surface area contributed by atoms with Crippen molar-refractivity contribution in [1.82, 2.24) is 0 Å². The highest BCUT2D eigenvalue weighted by Crippen LogP contribution is 2.43. The minimum absolute atomic E-state index is 0.188. The van der Waals surface area contributed by atoms with E-state index in [0.29, 0.717) is 18.2 Å². The summed E-state index contributed by atoms with van der Waals surface area (Å²) >= 11 is 0. The first kappa shape index (κ1) is 10.3. The molecule has 1 aromatic rings. The van der Waals surface area contributed by atoms with Crippen molar-refractivity contribution >= 4 is 0 Å². The SMILES string of the molecule is COc1cc(C(CN)C2CC2)ccc1O. The van der Waals surface area contributed by atoms with Gasteiger partial charge in [-0.3, -0.25) is 0 Å². The standard InChI is InChI=1S/C12H17NO2/c1-15-12-6-9(4-5-11(12)14)10(7-13)8-2-3-8/h4-6,8,10,14H,2-3,7,13H2,1H3. The lowest BCUT2D eigenvalue weighted by atomic mass is 9.94. The van der Waals surface area contributed by atoms with Crippen molar-refractivity contribution in [3.63, 3.8) is 0 Å². The second kappa shape index (κ2) is 4.11. The zero-order chi connectivity index (χ0) is 10.8.